The lowest BCUT2D eigenvalue weighted by molar-refractivity contribution is 0.186. The molecule has 3 N–H and O–H groups in total. The number of piperazine rings is 1. The molecule has 2 fully saturated rings. The Hall–Kier alpha value is -2.97. The molecule has 0 radical (unpaired) electrons. The fourth-order valence-corrected chi connectivity index (χ4v) is 4.23. The van der Waals surface area contributed by atoms with Gasteiger partial charge in [-0.1, -0.05) is 19.3 Å². The van der Waals surface area contributed by atoms with Crippen LogP contribution in [0.5, 0.6) is 11.5 Å². The van der Waals surface area contributed by atoms with Crippen LogP contribution in [0.4, 0.5) is 16.6 Å². The smallest absolute Gasteiger partial charge is 0.317 e. The average molecular weight is 415 g/mol. The topological polar surface area (TPSA) is 106 Å². The second-order valence-corrected chi connectivity index (χ2v) is 7.89. The third kappa shape index (κ3) is 4.15. The summed E-state index contributed by atoms with van der Waals surface area (Å²) in [6, 6.07) is 3.96. The number of methoxy groups -OCH3 is 2. The third-order valence-corrected chi connectivity index (χ3v) is 6.00. The number of ether oxygens (including phenoxy) is 2. The number of carbonyl (C=O) groups excluding carboxylic acids is 1. The van der Waals surface area contributed by atoms with Crippen LogP contribution in [0.3, 0.4) is 0 Å². The van der Waals surface area contributed by atoms with Gasteiger partial charge in [0.05, 0.1) is 19.7 Å². The maximum atomic E-state index is 12.6. The Bertz CT molecular complexity index is 907. The van der Waals surface area contributed by atoms with Crippen molar-refractivity contribution in [2.75, 3.05) is 51.0 Å². The number of hydrogen-bond acceptors (Lipinski definition) is 7. The van der Waals surface area contributed by atoms with E-state index < -0.39 is 0 Å². The van der Waals surface area contributed by atoms with Crippen molar-refractivity contribution in [3.05, 3.63) is 12.1 Å². The number of urea groups is 1. The first kappa shape index (κ1) is 20.3. The predicted octanol–water partition coefficient (Wildman–Crippen LogP) is 2.39. The number of amides is 2. The quantitative estimate of drug-likeness (QED) is 0.791. The first-order valence-corrected chi connectivity index (χ1v) is 10.6. The molecule has 1 saturated heterocycles. The van der Waals surface area contributed by atoms with E-state index in [1.54, 1.807) is 20.3 Å². The Morgan fingerprint density at radius 3 is 2.37 bits per heavy atom. The SMILES string of the molecule is COc1cc2nc(N3CCN(C(=O)NC4CCCCC4)CC3)nc(N)c2cc1OC. The van der Waals surface area contributed by atoms with Crippen molar-refractivity contribution in [3.8, 4) is 11.5 Å². The summed E-state index contributed by atoms with van der Waals surface area (Å²) in [5, 5.41) is 3.92. The molecule has 30 heavy (non-hydrogen) atoms. The molecule has 9 heteroatoms. The number of anilines is 2. The van der Waals surface area contributed by atoms with Gasteiger partial charge in [-0.15, -0.1) is 0 Å². The highest BCUT2D eigenvalue weighted by atomic mass is 16.5. The highest BCUT2D eigenvalue weighted by Gasteiger charge is 2.25. The Morgan fingerprint density at radius 2 is 1.70 bits per heavy atom. The van der Waals surface area contributed by atoms with Crippen LogP contribution in [0.25, 0.3) is 10.9 Å². The number of hydrogen-bond donors (Lipinski definition) is 2. The number of nitrogens with one attached hydrogen (secondary N) is 1. The lowest BCUT2D eigenvalue weighted by atomic mass is 9.96. The number of nitrogen functional groups attached to an aromatic ring is 1. The zero-order valence-corrected chi connectivity index (χ0v) is 17.7. The first-order chi connectivity index (χ1) is 14.6. The molecule has 4 rings (SSSR count). The van der Waals surface area contributed by atoms with Gasteiger partial charge in [-0.25, -0.2) is 9.78 Å². The van der Waals surface area contributed by atoms with E-state index in [2.05, 4.69) is 20.2 Å². The van der Waals surface area contributed by atoms with E-state index in [0.717, 1.165) is 18.2 Å². The summed E-state index contributed by atoms with van der Waals surface area (Å²) < 4.78 is 10.7. The van der Waals surface area contributed by atoms with Gasteiger partial charge in [-0.05, 0) is 18.9 Å². The van der Waals surface area contributed by atoms with Crippen molar-refractivity contribution in [3.63, 3.8) is 0 Å². The summed E-state index contributed by atoms with van der Waals surface area (Å²) in [4.78, 5) is 25.7. The summed E-state index contributed by atoms with van der Waals surface area (Å²) in [6.45, 7) is 2.59. The van der Waals surface area contributed by atoms with Gasteiger partial charge in [0.25, 0.3) is 0 Å². The Kier molecular flexibility index (Phi) is 5.96. The second-order valence-electron chi connectivity index (χ2n) is 7.89. The zero-order chi connectivity index (χ0) is 21.1. The van der Waals surface area contributed by atoms with Crippen LogP contribution in [0.15, 0.2) is 12.1 Å². The van der Waals surface area contributed by atoms with Gasteiger partial charge in [0.15, 0.2) is 11.5 Å². The van der Waals surface area contributed by atoms with E-state index in [-0.39, 0.29) is 6.03 Å². The molecule has 0 atom stereocenters. The summed E-state index contributed by atoms with van der Waals surface area (Å²) >= 11 is 0. The summed E-state index contributed by atoms with van der Waals surface area (Å²) in [5.74, 6) is 2.15. The van der Waals surface area contributed by atoms with Gasteiger partial charge >= 0.3 is 6.03 Å². The van der Waals surface area contributed by atoms with Gasteiger partial charge in [0, 0.05) is 43.7 Å². The fourth-order valence-electron chi connectivity index (χ4n) is 4.23. The normalized spacial score (nSPS) is 17.8. The highest BCUT2D eigenvalue weighted by molar-refractivity contribution is 5.91. The Morgan fingerprint density at radius 1 is 1.03 bits per heavy atom. The molecule has 9 nitrogen and oxygen atoms in total. The second kappa shape index (κ2) is 8.81. The molecule has 1 aromatic heterocycles. The lowest BCUT2D eigenvalue weighted by Gasteiger charge is -2.36. The number of benzene rings is 1. The van der Waals surface area contributed by atoms with Crippen molar-refractivity contribution in [1.82, 2.24) is 20.2 Å². The Balaban J connectivity index is 1.44. The van der Waals surface area contributed by atoms with Gasteiger partial charge in [0.1, 0.15) is 5.82 Å². The maximum Gasteiger partial charge on any atom is 0.317 e. The molecule has 2 amide bonds. The summed E-state index contributed by atoms with van der Waals surface area (Å²) in [7, 11) is 3.17. The molecular weight excluding hydrogens is 384 g/mol. The number of carbonyl (C=O) groups is 1. The Labute approximate surface area is 176 Å². The molecule has 1 aromatic carbocycles. The van der Waals surface area contributed by atoms with Crippen LogP contribution in [0.2, 0.25) is 0 Å². The van der Waals surface area contributed by atoms with Crippen LogP contribution in [-0.4, -0.2) is 67.3 Å². The van der Waals surface area contributed by atoms with E-state index in [4.69, 9.17) is 15.2 Å². The summed E-state index contributed by atoms with van der Waals surface area (Å²) in [5.41, 5.74) is 6.91. The summed E-state index contributed by atoms with van der Waals surface area (Å²) in [6.07, 6.45) is 5.86. The molecule has 2 aliphatic rings. The molecular formula is C21H30N6O3. The van der Waals surface area contributed by atoms with Crippen molar-refractivity contribution in [1.29, 1.82) is 0 Å². The first-order valence-electron chi connectivity index (χ1n) is 10.6. The molecule has 1 aliphatic heterocycles. The standard InChI is InChI=1S/C21H30N6O3/c1-29-17-12-15-16(13-18(17)30-2)24-20(25-19(15)22)26-8-10-27(11-9-26)21(28)23-14-6-4-3-5-7-14/h12-14H,3-11H2,1-2H3,(H,23,28)(H2,22,24,25). The van der Waals surface area contributed by atoms with Crippen molar-refractivity contribution in [2.45, 2.75) is 38.1 Å². The largest absolute Gasteiger partial charge is 0.493 e. The molecule has 2 heterocycles. The van der Waals surface area contributed by atoms with Gasteiger partial charge in [-0.2, -0.15) is 4.98 Å². The van der Waals surface area contributed by atoms with Gasteiger partial charge in [-0.3, -0.25) is 0 Å². The molecule has 1 saturated carbocycles. The van der Waals surface area contributed by atoms with Crippen molar-refractivity contribution < 1.29 is 14.3 Å². The van der Waals surface area contributed by atoms with Crippen molar-refractivity contribution in [2.24, 2.45) is 0 Å². The number of aromatic nitrogens is 2. The average Bonchev–Trinajstić information content (AvgIpc) is 2.79. The van der Waals surface area contributed by atoms with Gasteiger partial charge in [0.2, 0.25) is 5.95 Å². The number of fused-ring (bicyclic) bond motifs is 1. The van der Waals surface area contributed by atoms with Crippen LogP contribution >= 0.6 is 0 Å². The van der Waals surface area contributed by atoms with E-state index in [9.17, 15) is 4.79 Å². The number of nitrogens with two attached hydrogens (primary N) is 1. The molecule has 2 aromatic rings. The van der Waals surface area contributed by atoms with Crippen LogP contribution < -0.4 is 25.4 Å². The third-order valence-electron chi connectivity index (χ3n) is 6.00. The maximum absolute atomic E-state index is 12.6. The predicted molar refractivity (Wildman–Crippen MR) is 116 cm³/mol. The monoisotopic (exact) mass is 414 g/mol. The molecule has 0 unspecified atom stereocenters. The zero-order valence-electron chi connectivity index (χ0n) is 17.7. The van der Waals surface area contributed by atoms with Crippen LogP contribution in [0.1, 0.15) is 32.1 Å². The minimum absolute atomic E-state index is 0.0392. The van der Waals surface area contributed by atoms with E-state index in [1.807, 2.05) is 11.0 Å². The van der Waals surface area contributed by atoms with Crippen LogP contribution in [-0.2, 0) is 0 Å². The fraction of sp³-hybridized carbons (Fsp3) is 0.571. The minimum Gasteiger partial charge on any atom is -0.493 e. The van der Waals surface area contributed by atoms with Gasteiger partial charge < -0.3 is 30.3 Å². The van der Waals surface area contributed by atoms with Crippen molar-refractivity contribution >= 4 is 28.7 Å². The molecule has 1 aliphatic carbocycles. The van der Waals surface area contributed by atoms with Crippen LogP contribution in [0, 0.1) is 0 Å². The van der Waals surface area contributed by atoms with E-state index in [0.29, 0.717) is 61.0 Å². The molecule has 162 valence electrons. The minimum atomic E-state index is 0.0392. The van der Waals surface area contributed by atoms with E-state index >= 15 is 0 Å². The lowest BCUT2D eigenvalue weighted by Crippen LogP contribution is -2.54. The highest BCUT2D eigenvalue weighted by Crippen LogP contribution is 2.34. The molecule has 0 spiro atoms. The molecule has 0 bridgehead atoms. The number of nitrogens with zero attached hydrogens (tertiary/aromatic N) is 4. The number of rotatable bonds is 4. The van der Waals surface area contributed by atoms with E-state index in [1.165, 1.54) is 19.3 Å².